The summed E-state index contributed by atoms with van der Waals surface area (Å²) in [5.41, 5.74) is -0.421. The van der Waals surface area contributed by atoms with E-state index in [1.807, 2.05) is 0 Å². The molecule has 12 heteroatoms. The van der Waals surface area contributed by atoms with Crippen molar-refractivity contribution < 1.29 is 29.0 Å². The van der Waals surface area contributed by atoms with Crippen LogP contribution in [0.1, 0.15) is 0 Å². The van der Waals surface area contributed by atoms with Gasteiger partial charge in [0, 0.05) is 0 Å². The van der Waals surface area contributed by atoms with Gasteiger partial charge in [0.2, 0.25) is 0 Å². The molecule has 5 aromatic carbocycles. The minimum absolute atomic E-state index is 0.113. The zero-order chi connectivity index (χ0) is 29.9. The zero-order valence-corrected chi connectivity index (χ0v) is 24.0. The van der Waals surface area contributed by atoms with E-state index in [1.165, 1.54) is 121 Å². The van der Waals surface area contributed by atoms with Crippen molar-refractivity contribution in [3.8, 4) is 11.5 Å². The predicted octanol–water partition coefficient (Wildman–Crippen LogP) is 5.50. The second-order valence-corrected chi connectivity index (χ2v) is 20.0. The number of nitrogens with zero attached hydrogens (tertiary/aromatic N) is 2. The summed E-state index contributed by atoms with van der Waals surface area (Å²) in [6, 6.07) is 26.1. The molecule has 0 saturated carbocycles. The minimum atomic E-state index is -6.21. The number of nitro benzene ring substituents is 2. The third kappa shape index (κ3) is 5.14. The molecular formula is C30H20F3N2O6Sb. The average molecular weight is 683 g/mol. The Hall–Kier alpha value is -4.89. The molecule has 212 valence electrons. The van der Waals surface area contributed by atoms with E-state index in [4.69, 9.17) is 6.03 Å². The van der Waals surface area contributed by atoms with Gasteiger partial charge in [0.15, 0.2) is 0 Å². The Labute approximate surface area is 239 Å². The molecule has 5 rings (SSSR count). The number of rotatable bonds is 9. The van der Waals surface area contributed by atoms with E-state index >= 15 is 0 Å². The number of hydrogen-bond acceptors (Lipinski definition) is 6. The Bertz CT molecular complexity index is 1570. The molecule has 0 saturated heterocycles. The van der Waals surface area contributed by atoms with Crippen LogP contribution >= 0.6 is 0 Å². The molecule has 0 atom stereocenters. The molecule has 0 heterocycles. The first kappa shape index (κ1) is 28.6. The number of halogens is 3. The molecule has 0 aliphatic rings. The molecule has 0 aliphatic heterocycles. The third-order valence-electron chi connectivity index (χ3n) is 6.54. The van der Waals surface area contributed by atoms with Crippen LogP contribution in [0.5, 0.6) is 11.5 Å². The van der Waals surface area contributed by atoms with Gasteiger partial charge in [0.1, 0.15) is 0 Å². The van der Waals surface area contributed by atoms with Crippen LogP contribution in [0, 0.1) is 37.7 Å². The van der Waals surface area contributed by atoms with Crippen molar-refractivity contribution in [1.29, 1.82) is 0 Å². The first-order chi connectivity index (χ1) is 20.1. The van der Waals surface area contributed by atoms with Crippen LogP contribution in [-0.2, 0) is 0 Å². The quantitative estimate of drug-likeness (QED) is 0.116. The fraction of sp³-hybridized carbons (Fsp3) is 0. The Balaban J connectivity index is 1.91. The zero-order valence-electron chi connectivity index (χ0n) is 21.5. The van der Waals surface area contributed by atoms with Gasteiger partial charge in [-0.2, -0.15) is 0 Å². The van der Waals surface area contributed by atoms with Gasteiger partial charge < -0.3 is 0 Å². The topological polar surface area (TPSA) is 105 Å². The van der Waals surface area contributed by atoms with Gasteiger partial charge in [-0.3, -0.25) is 0 Å². The normalized spacial score (nSPS) is 12.1. The van der Waals surface area contributed by atoms with Gasteiger partial charge in [-0.1, -0.05) is 0 Å². The second-order valence-electron chi connectivity index (χ2n) is 9.07. The number of non-ortho nitro benzene ring substituents is 2. The molecule has 0 fully saturated rings. The fourth-order valence-electron chi connectivity index (χ4n) is 4.58. The molecule has 0 amide bonds. The number of hydrogen-bond donors (Lipinski definition) is 0. The van der Waals surface area contributed by atoms with Crippen LogP contribution in [0.15, 0.2) is 121 Å². The van der Waals surface area contributed by atoms with E-state index in [2.05, 4.69) is 0 Å². The molecule has 0 bridgehead atoms. The predicted molar refractivity (Wildman–Crippen MR) is 151 cm³/mol. The van der Waals surface area contributed by atoms with E-state index in [0.717, 1.165) is 0 Å². The molecule has 0 aromatic heterocycles. The van der Waals surface area contributed by atoms with Gasteiger partial charge in [-0.25, -0.2) is 0 Å². The summed E-state index contributed by atoms with van der Waals surface area (Å²) in [6.45, 7) is 0. The second kappa shape index (κ2) is 11.2. The van der Waals surface area contributed by atoms with E-state index < -0.39 is 45.5 Å². The Kier molecular flexibility index (Phi) is 7.62. The number of benzene rings is 5. The van der Waals surface area contributed by atoms with Crippen molar-refractivity contribution in [2.75, 3.05) is 0 Å². The SMILES string of the molecule is O=[N+]([O-])c1ccc([O][Sb]([O]c2ccc([N+](=O)[O-])cc2)([c]2ccc(F)cc2)([c]2ccc(F)cc2)[c]2ccc(F)cc2)cc1. The molecule has 0 aliphatic carbocycles. The van der Waals surface area contributed by atoms with Gasteiger partial charge in [-0.05, 0) is 0 Å². The molecule has 0 spiro atoms. The summed E-state index contributed by atoms with van der Waals surface area (Å²) < 4.78 is 57.8. The van der Waals surface area contributed by atoms with Crippen LogP contribution in [-0.4, -0.2) is 28.1 Å². The van der Waals surface area contributed by atoms with Crippen molar-refractivity contribution in [3.63, 3.8) is 0 Å². The van der Waals surface area contributed by atoms with Crippen molar-refractivity contribution in [1.82, 2.24) is 0 Å². The Morgan fingerprint density at radius 3 is 0.952 bits per heavy atom. The first-order valence-corrected chi connectivity index (χ1v) is 18.2. The summed E-state index contributed by atoms with van der Waals surface area (Å²) >= 11 is -6.21. The Morgan fingerprint density at radius 2 is 0.714 bits per heavy atom. The van der Waals surface area contributed by atoms with Gasteiger partial charge in [-0.15, -0.1) is 0 Å². The van der Waals surface area contributed by atoms with Crippen LogP contribution in [0.2, 0.25) is 0 Å². The monoisotopic (exact) mass is 682 g/mol. The van der Waals surface area contributed by atoms with Crippen LogP contribution in [0.4, 0.5) is 24.5 Å². The standard InChI is InChI=1S/3C6H4F.2C6H5NO3.Sb/c3*7-6-4-2-1-3-5-6;2*8-6-3-1-5(2-4-6)7(9)10;/h3*2-5H;2*1-4,8H;/q;;;;;+2/p-2. The van der Waals surface area contributed by atoms with E-state index in [9.17, 15) is 33.4 Å². The molecular weight excluding hydrogens is 663 g/mol. The van der Waals surface area contributed by atoms with Gasteiger partial charge >= 0.3 is 240 Å². The average Bonchev–Trinajstić information content (AvgIpc) is 2.98. The van der Waals surface area contributed by atoms with E-state index in [-0.39, 0.29) is 22.9 Å². The third-order valence-corrected chi connectivity index (χ3v) is 20.3. The first-order valence-electron chi connectivity index (χ1n) is 12.3. The van der Waals surface area contributed by atoms with E-state index in [0.29, 0.717) is 10.5 Å². The molecule has 0 radical (unpaired) electrons. The maximum absolute atomic E-state index is 14.3. The van der Waals surface area contributed by atoms with Crippen molar-refractivity contribution in [2.24, 2.45) is 0 Å². The Morgan fingerprint density at radius 1 is 0.452 bits per heavy atom. The summed E-state index contributed by atoms with van der Waals surface area (Å²) in [5.74, 6) is -1.49. The van der Waals surface area contributed by atoms with Crippen molar-refractivity contribution >= 4 is 40.1 Å². The summed E-state index contributed by atoms with van der Waals surface area (Å²) in [6.07, 6.45) is 0. The van der Waals surface area contributed by atoms with Gasteiger partial charge in [0.25, 0.3) is 0 Å². The molecule has 8 nitrogen and oxygen atoms in total. The summed E-state index contributed by atoms with van der Waals surface area (Å²) in [4.78, 5) is 21.5. The number of nitro groups is 2. The molecule has 5 aromatic rings. The van der Waals surface area contributed by atoms with Crippen LogP contribution in [0.3, 0.4) is 0 Å². The molecule has 42 heavy (non-hydrogen) atoms. The summed E-state index contributed by atoms with van der Waals surface area (Å²) in [5, 5.41) is 22.7. The van der Waals surface area contributed by atoms with E-state index in [1.54, 1.807) is 0 Å². The van der Waals surface area contributed by atoms with Crippen molar-refractivity contribution in [2.45, 2.75) is 0 Å². The fourth-order valence-corrected chi connectivity index (χ4v) is 17.9. The molecule has 0 unspecified atom stereocenters. The van der Waals surface area contributed by atoms with Crippen molar-refractivity contribution in [3.05, 3.63) is 159 Å². The molecule has 0 N–H and O–H groups in total. The van der Waals surface area contributed by atoms with Crippen LogP contribution in [0.25, 0.3) is 0 Å². The van der Waals surface area contributed by atoms with Gasteiger partial charge in [0.05, 0.1) is 0 Å². The maximum atomic E-state index is 14.3. The van der Waals surface area contributed by atoms with Crippen LogP contribution < -0.4 is 16.6 Å². The summed E-state index contributed by atoms with van der Waals surface area (Å²) in [7, 11) is 0.